The van der Waals surface area contributed by atoms with E-state index in [0.29, 0.717) is 12.2 Å². The van der Waals surface area contributed by atoms with E-state index in [0.717, 1.165) is 4.68 Å². The van der Waals surface area contributed by atoms with Crippen molar-refractivity contribution in [1.82, 2.24) is 28.8 Å². The number of halogens is 3. The van der Waals surface area contributed by atoms with Crippen molar-refractivity contribution < 1.29 is 22.0 Å². The second kappa shape index (κ2) is 8.60. The first-order valence-electron chi connectivity index (χ1n) is 9.39. The average molecular weight is 465 g/mol. The fourth-order valence-corrected chi connectivity index (χ4v) is 5.11. The van der Waals surface area contributed by atoms with Crippen LogP contribution in [0, 0.1) is 13.8 Å². The van der Waals surface area contributed by atoms with Crippen molar-refractivity contribution >= 4 is 27.5 Å². The van der Waals surface area contributed by atoms with Crippen LogP contribution in [-0.4, -0.2) is 69.3 Å². The number of alkyl halides is 2. The first-order valence-corrected chi connectivity index (χ1v) is 11.2. The van der Waals surface area contributed by atoms with Gasteiger partial charge in [0, 0.05) is 38.9 Å². The molecule has 13 heteroatoms. The van der Waals surface area contributed by atoms with Gasteiger partial charge in [-0.2, -0.15) is 14.5 Å². The Bertz CT molecular complexity index is 1040. The second-order valence-corrected chi connectivity index (χ2v) is 9.25. The molecule has 1 aliphatic heterocycles. The minimum absolute atomic E-state index is 0.131. The zero-order valence-corrected chi connectivity index (χ0v) is 18.4. The second-order valence-electron chi connectivity index (χ2n) is 6.96. The Labute approximate surface area is 178 Å². The summed E-state index contributed by atoms with van der Waals surface area (Å²) in [6.07, 6.45) is -1.32. The summed E-state index contributed by atoms with van der Waals surface area (Å²) in [4.78, 5) is 14.2. The molecule has 0 aromatic carbocycles. The number of sulfonamides is 1. The summed E-state index contributed by atoms with van der Waals surface area (Å²) in [5.74, 6) is -0.342. The van der Waals surface area contributed by atoms with E-state index in [4.69, 9.17) is 11.6 Å². The summed E-state index contributed by atoms with van der Waals surface area (Å²) in [5.41, 5.74) is 0.155. The lowest BCUT2D eigenvalue weighted by Crippen LogP contribution is -2.51. The summed E-state index contributed by atoms with van der Waals surface area (Å²) >= 11 is 5.86. The third-order valence-corrected chi connectivity index (χ3v) is 7.55. The summed E-state index contributed by atoms with van der Waals surface area (Å²) in [7, 11) is -3.71. The molecule has 2 aromatic rings. The molecule has 0 radical (unpaired) electrons. The highest BCUT2D eigenvalue weighted by atomic mass is 35.5. The predicted molar refractivity (Wildman–Crippen MR) is 105 cm³/mol. The maximum atomic E-state index is 12.9. The van der Waals surface area contributed by atoms with Crippen LogP contribution in [0.4, 0.5) is 8.78 Å². The van der Waals surface area contributed by atoms with Crippen molar-refractivity contribution in [2.45, 2.75) is 45.2 Å². The molecule has 0 N–H and O–H groups in total. The van der Waals surface area contributed by atoms with Gasteiger partial charge < -0.3 is 4.90 Å². The summed E-state index contributed by atoms with van der Waals surface area (Å²) in [5, 5.41) is 7.76. The molecule has 2 aromatic heterocycles. The van der Waals surface area contributed by atoms with E-state index in [1.165, 1.54) is 22.3 Å². The van der Waals surface area contributed by atoms with Crippen LogP contribution in [0.1, 0.15) is 30.4 Å². The van der Waals surface area contributed by atoms with Crippen molar-refractivity contribution in [3.8, 4) is 0 Å². The van der Waals surface area contributed by atoms with Gasteiger partial charge in [0.15, 0.2) is 0 Å². The third-order valence-electron chi connectivity index (χ3n) is 5.08. The average Bonchev–Trinajstić information content (AvgIpc) is 3.23. The Morgan fingerprint density at radius 3 is 2.33 bits per heavy atom. The fourth-order valence-electron chi connectivity index (χ4n) is 3.30. The Morgan fingerprint density at radius 2 is 1.83 bits per heavy atom. The quantitative estimate of drug-likeness (QED) is 0.650. The molecular formula is C17H23ClF2N6O3S. The number of rotatable bonds is 6. The van der Waals surface area contributed by atoms with Crippen molar-refractivity contribution in [3.05, 3.63) is 28.3 Å². The maximum absolute atomic E-state index is 12.9. The minimum atomic E-state index is -3.71. The Kier molecular flexibility index (Phi) is 6.48. The van der Waals surface area contributed by atoms with Gasteiger partial charge in [-0.3, -0.25) is 14.2 Å². The van der Waals surface area contributed by atoms with Crippen molar-refractivity contribution in [1.29, 1.82) is 0 Å². The van der Waals surface area contributed by atoms with E-state index in [9.17, 15) is 22.0 Å². The maximum Gasteiger partial charge on any atom is 0.283 e. The molecule has 1 saturated heterocycles. The molecule has 30 heavy (non-hydrogen) atoms. The van der Waals surface area contributed by atoms with Gasteiger partial charge in [-0.15, -0.1) is 0 Å². The summed E-state index contributed by atoms with van der Waals surface area (Å²) in [6.45, 7) is 5.98. The molecule has 0 atom stereocenters. The molecule has 3 heterocycles. The lowest BCUT2D eigenvalue weighted by molar-refractivity contribution is -0.133. The fraction of sp³-hybridized carbons (Fsp3) is 0.588. The molecule has 0 saturated carbocycles. The van der Waals surface area contributed by atoms with Crippen LogP contribution in [0.5, 0.6) is 0 Å². The minimum Gasteiger partial charge on any atom is -0.338 e. The van der Waals surface area contributed by atoms with Crippen LogP contribution in [-0.2, 0) is 27.9 Å². The first-order chi connectivity index (χ1) is 14.1. The predicted octanol–water partition coefficient (Wildman–Crippen LogP) is 1.84. The molecule has 1 fully saturated rings. The number of aryl methyl sites for hydroxylation is 2. The Balaban J connectivity index is 1.66. The van der Waals surface area contributed by atoms with Crippen LogP contribution in [0.2, 0.25) is 5.02 Å². The molecule has 0 spiro atoms. The number of hydrogen-bond acceptors (Lipinski definition) is 5. The van der Waals surface area contributed by atoms with Crippen LogP contribution in [0.15, 0.2) is 11.1 Å². The largest absolute Gasteiger partial charge is 0.338 e. The van der Waals surface area contributed by atoms with E-state index in [2.05, 4.69) is 10.2 Å². The first kappa shape index (κ1) is 22.6. The van der Waals surface area contributed by atoms with Gasteiger partial charge in [-0.05, 0) is 20.8 Å². The van der Waals surface area contributed by atoms with Crippen molar-refractivity contribution in [2.24, 2.45) is 0 Å². The van der Waals surface area contributed by atoms with Crippen LogP contribution in [0.3, 0.4) is 0 Å². The summed E-state index contributed by atoms with van der Waals surface area (Å²) in [6, 6.07) is 0. The molecule has 1 aliphatic rings. The topological polar surface area (TPSA) is 93.3 Å². The smallest absolute Gasteiger partial charge is 0.283 e. The lowest BCUT2D eigenvalue weighted by Gasteiger charge is -2.34. The van der Waals surface area contributed by atoms with Gasteiger partial charge in [0.1, 0.15) is 17.1 Å². The number of nitrogens with zero attached hydrogens (tertiary/aromatic N) is 6. The number of aromatic nitrogens is 4. The van der Waals surface area contributed by atoms with Gasteiger partial charge >= 0.3 is 0 Å². The molecule has 166 valence electrons. The highest BCUT2D eigenvalue weighted by molar-refractivity contribution is 7.89. The van der Waals surface area contributed by atoms with E-state index < -0.39 is 22.1 Å². The van der Waals surface area contributed by atoms with Crippen LogP contribution < -0.4 is 0 Å². The van der Waals surface area contributed by atoms with Crippen LogP contribution >= 0.6 is 11.6 Å². The third kappa shape index (κ3) is 4.21. The van der Waals surface area contributed by atoms with Crippen molar-refractivity contribution in [3.63, 3.8) is 0 Å². The molecule has 1 amide bonds. The number of hydrogen-bond donors (Lipinski definition) is 0. The van der Waals surface area contributed by atoms with E-state index >= 15 is 0 Å². The molecule has 0 bridgehead atoms. The van der Waals surface area contributed by atoms with E-state index in [-0.39, 0.29) is 54.2 Å². The number of carbonyl (C=O) groups is 1. The molecule has 0 unspecified atom stereocenters. The summed E-state index contributed by atoms with van der Waals surface area (Å²) < 4.78 is 55.8. The van der Waals surface area contributed by atoms with Crippen molar-refractivity contribution in [2.75, 3.05) is 26.2 Å². The van der Waals surface area contributed by atoms with Gasteiger partial charge in [0.25, 0.3) is 6.43 Å². The van der Waals surface area contributed by atoms with Gasteiger partial charge in [0.2, 0.25) is 15.9 Å². The van der Waals surface area contributed by atoms with Crippen LogP contribution in [0.25, 0.3) is 0 Å². The molecule has 9 nitrogen and oxygen atoms in total. The molecule has 3 rings (SSSR count). The normalized spacial score (nSPS) is 15.9. The number of carbonyl (C=O) groups excluding carboxylic acids is 1. The van der Waals surface area contributed by atoms with E-state index in [1.54, 1.807) is 11.6 Å². The highest BCUT2D eigenvalue weighted by Crippen LogP contribution is 2.28. The number of piperazine rings is 1. The van der Waals surface area contributed by atoms with Gasteiger partial charge in [0.05, 0.1) is 16.4 Å². The lowest BCUT2D eigenvalue weighted by atomic mass is 10.3. The Hall–Kier alpha value is -2.05. The van der Waals surface area contributed by atoms with Gasteiger partial charge in [-0.25, -0.2) is 17.2 Å². The standard InChI is InChI=1S/C17H23ClF2N6O3S/c1-4-24-9-13(11(2)21-24)30(28,29)25-7-5-23(6-8-25)14(27)10-26-12(3)15(18)16(22-26)17(19)20/h9,17H,4-8,10H2,1-3H3. The van der Waals surface area contributed by atoms with E-state index in [1.807, 2.05) is 6.92 Å². The van der Waals surface area contributed by atoms with Gasteiger partial charge in [-0.1, -0.05) is 11.6 Å². The highest BCUT2D eigenvalue weighted by Gasteiger charge is 2.32. The number of amides is 1. The SMILES string of the molecule is CCn1cc(S(=O)(=O)N2CCN(C(=O)Cn3nc(C(F)F)c(Cl)c3C)CC2)c(C)n1. The zero-order chi connectivity index (χ0) is 22.2. The molecule has 0 aliphatic carbocycles. The zero-order valence-electron chi connectivity index (χ0n) is 16.8. The monoisotopic (exact) mass is 464 g/mol. The molecular weight excluding hydrogens is 442 g/mol. The Morgan fingerprint density at radius 1 is 1.20 bits per heavy atom.